The minimum atomic E-state index is -1.68. The predicted octanol–water partition coefficient (Wildman–Crippen LogP) is 2.05. The van der Waals surface area contributed by atoms with Gasteiger partial charge < -0.3 is 26.6 Å². The van der Waals surface area contributed by atoms with Gasteiger partial charge in [0.25, 0.3) is 0 Å². The molecule has 1 saturated heterocycles. The molecule has 8 nitrogen and oxygen atoms in total. The van der Waals surface area contributed by atoms with Crippen LogP contribution in [0.4, 0.5) is 18.9 Å². The second-order valence-electron chi connectivity index (χ2n) is 6.77. The van der Waals surface area contributed by atoms with Gasteiger partial charge in [-0.1, -0.05) is 18.2 Å². The minimum Gasteiger partial charge on any atom is -0.477 e. The molecule has 164 valence electrons. The maximum Gasteiger partial charge on any atom is 0.341 e. The SMILES string of the molecule is C=C(N)/C(F)=C\C(F)=C(/N)n1cc(C(=O)O)c(=O)c2cc(F)c(N3CC(O)C3)c(Cl)c21. The zero-order valence-corrected chi connectivity index (χ0v) is 16.5. The van der Waals surface area contributed by atoms with Crippen molar-refractivity contribution in [2.45, 2.75) is 6.10 Å². The lowest BCUT2D eigenvalue weighted by molar-refractivity contribution is 0.0695. The number of carboxylic acid groups (broad SMARTS) is 1. The number of hydrogen-bond donors (Lipinski definition) is 4. The highest BCUT2D eigenvalue weighted by atomic mass is 35.5. The Morgan fingerprint density at radius 3 is 2.45 bits per heavy atom. The Balaban J connectivity index is 2.41. The van der Waals surface area contributed by atoms with Gasteiger partial charge in [-0.15, -0.1) is 0 Å². The molecular formula is C19H16ClF3N4O4. The Hall–Kier alpha value is -3.44. The standard InChI is InChI=1S/C19H16ClF3N4O4/c1-7(24)11(21)3-13(23)18(25)27-6-10(19(30)31)17(29)9-2-12(22)16(14(20)15(9)27)26-4-8(28)5-26/h2-3,6,8,28H,1,4-5,24-25H2,(H,30,31)/b11-3+,18-13-. The van der Waals surface area contributed by atoms with Crippen molar-refractivity contribution < 1.29 is 28.2 Å². The average molecular weight is 457 g/mol. The minimum absolute atomic E-state index is 0.0475. The lowest BCUT2D eigenvalue weighted by Crippen LogP contribution is -2.51. The average Bonchev–Trinajstić information content (AvgIpc) is 2.66. The van der Waals surface area contributed by atoms with Gasteiger partial charge in [0.15, 0.2) is 5.83 Å². The van der Waals surface area contributed by atoms with Crippen LogP contribution in [0.2, 0.25) is 5.02 Å². The first-order valence-electron chi connectivity index (χ1n) is 8.65. The van der Waals surface area contributed by atoms with Crippen LogP contribution in [0.5, 0.6) is 0 Å². The van der Waals surface area contributed by atoms with Crippen LogP contribution in [0.3, 0.4) is 0 Å². The first-order valence-corrected chi connectivity index (χ1v) is 9.03. The first-order chi connectivity index (χ1) is 14.4. The topological polar surface area (TPSA) is 135 Å². The molecule has 1 fully saturated rings. The zero-order valence-electron chi connectivity index (χ0n) is 15.7. The summed E-state index contributed by atoms with van der Waals surface area (Å²) in [6.07, 6.45) is 0.290. The number of β-amino-alcohol motifs (C(OH)–C–C–N with tert-alkyl or cyclic N) is 1. The van der Waals surface area contributed by atoms with Gasteiger partial charge >= 0.3 is 5.97 Å². The Morgan fingerprint density at radius 2 is 1.94 bits per heavy atom. The van der Waals surface area contributed by atoms with Crippen molar-refractivity contribution in [3.05, 3.63) is 68.9 Å². The number of fused-ring (bicyclic) bond motifs is 1. The Kier molecular flexibility index (Phi) is 5.74. The second-order valence-corrected chi connectivity index (χ2v) is 7.15. The fourth-order valence-corrected chi connectivity index (χ4v) is 3.47. The molecule has 1 aromatic heterocycles. The van der Waals surface area contributed by atoms with Gasteiger partial charge in [-0.25, -0.2) is 18.0 Å². The van der Waals surface area contributed by atoms with E-state index in [0.29, 0.717) is 16.8 Å². The summed E-state index contributed by atoms with van der Waals surface area (Å²) >= 11 is 6.32. The highest BCUT2D eigenvalue weighted by Crippen LogP contribution is 2.38. The molecule has 2 heterocycles. The quantitative estimate of drug-likeness (QED) is 0.506. The van der Waals surface area contributed by atoms with E-state index < -0.39 is 57.4 Å². The number of aliphatic hydroxyl groups excluding tert-OH is 1. The van der Waals surface area contributed by atoms with Crippen LogP contribution in [-0.4, -0.2) is 39.9 Å². The van der Waals surface area contributed by atoms with Gasteiger partial charge in [0.05, 0.1) is 33.4 Å². The summed E-state index contributed by atoms with van der Waals surface area (Å²) in [5.74, 6) is -6.10. The van der Waals surface area contributed by atoms with Crippen LogP contribution in [0.25, 0.3) is 16.7 Å². The molecule has 1 aliphatic rings. The first kappa shape index (κ1) is 22.2. The van der Waals surface area contributed by atoms with E-state index in [4.69, 9.17) is 23.1 Å². The number of allylic oxidation sites excluding steroid dienone is 3. The van der Waals surface area contributed by atoms with Crippen LogP contribution in [0, 0.1) is 5.82 Å². The number of nitrogens with two attached hydrogens (primary N) is 2. The van der Waals surface area contributed by atoms with Crippen molar-refractivity contribution in [1.82, 2.24) is 4.57 Å². The molecule has 0 atom stereocenters. The Morgan fingerprint density at radius 1 is 1.32 bits per heavy atom. The van der Waals surface area contributed by atoms with Crippen molar-refractivity contribution in [3.8, 4) is 0 Å². The Labute approximate surface area is 177 Å². The number of aromatic carboxylic acids is 1. The van der Waals surface area contributed by atoms with E-state index in [0.717, 1.165) is 6.07 Å². The maximum atomic E-state index is 14.7. The summed E-state index contributed by atoms with van der Waals surface area (Å²) in [5, 5.41) is 18.0. The zero-order chi connectivity index (χ0) is 23.2. The van der Waals surface area contributed by atoms with E-state index >= 15 is 0 Å². The smallest absolute Gasteiger partial charge is 0.341 e. The van der Waals surface area contributed by atoms with Crippen LogP contribution in [-0.2, 0) is 0 Å². The van der Waals surface area contributed by atoms with Crippen LogP contribution >= 0.6 is 11.6 Å². The van der Waals surface area contributed by atoms with Crippen LogP contribution in [0.1, 0.15) is 10.4 Å². The van der Waals surface area contributed by atoms with E-state index in [1.807, 2.05) is 0 Å². The van der Waals surface area contributed by atoms with Gasteiger partial charge in [-0.05, 0) is 6.07 Å². The van der Waals surface area contributed by atoms with Gasteiger partial charge in [-0.2, -0.15) is 0 Å². The van der Waals surface area contributed by atoms with E-state index in [-0.39, 0.29) is 29.3 Å². The summed E-state index contributed by atoms with van der Waals surface area (Å²) in [6, 6.07) is 0.746. The van der Waals surface area contributed by atoms with Crippen molar-refractivity contribution in [2.75, 3.05) is 18.0 Å². The summed E-state index contributed by atoms with van der Waals surface area (Å²) < 4.78 is 43.7. The number of hydrogen-bond acceptors (Lipinski definition) is 6. The molecule has 1 aliphatic heterocycles. The number of benzene rings is 1. The van der Waals surface area contributed by atoms with Crippen molar-refractivity contribution in [2.24, 2.45) is 11.5 Å². The second kappa shape index (κ2) is 8.00. The highest BCUT2D eigenvalue weighted by Gasteiger charge is 2.31. The third-order valence-electron chi connectivity index (χ3n) is 4.63. The molecule has 0 amide bonds. The number of nitrogens with zero attached hydrogens (tertiary/aromatic N) is 2. The molecular weight excluding hydrogens is 441 g/mol. The fraction of sp³-hybridized carbons (Fsp3) is 0.158. The molecule has 12 heteroatoms. The van der Waals surface area contributed by atoms with Crippen LogP contribution in [0.15, 0.2) is 47.1 Å². The molecule has 2 aromatic rings. The predicted molar refractivity (Wildman–Crippen MR) is 109 cm³/mol. The molecule has 3 rings (SSSR count). The number of halogens is 4. The van der Waals surface area contributed by atoms with Crippen molar-refractivity contribution in [1.29, 1.82) is 0 Å². The normalized spacial score (nSPS) is 15.6. The molecule has 6 N–H and O–H groups in total. The van der Waals surface area contributed by atoms with E-state index in [1.165, 1.54) is 4.90 Å². The third kappa shape index (κ3) is 3.84. The molecule has 31 heavy (non-hydrogen) atoms. The summed E-state index contributed by atoms with van der Waals surface area (Å²) in [7, 11) is 0. The van der Waals surface area contributed by atoms with E-state index in [1.54, 1.807) is 0 Å². The number of aromatic nitrogens is 1. The van der Waals surface area contributed by atoms with E-state index in [9.17, 15) is 33.0 Å². The fourth-order valence-electron chi connectivity index (χ4n) is 3.07. The third-order valence-corrected chi connectivity index (χ3v) is 4.99. The van der Waals surface area contributed by atoms with Crippen molar-refractivity contribution >= 4 is 40.0 Å². The molecule has 0 saturated carbocycles. The van der Waals surface area contributed by atoms with Gasteiger partial charge in [-0.3, -0.25) is 9.36 Å². The van der Waals surface area contributed by atoms with Crippen molar-refractivity contribution in [3.63, 3.8) is 0 Å². The van der Waals surface area contributed by atoms with Gasteiger partial charge in [0, 0.05) is 25.4 Å². The van der Waals surface area contributed by atoms with E-state index in [2.05, 4.69) is 6.58 Å². The highest BCUT2D eigenvalue weighted by molar-refractivity contribution is 6.38. The largest absolute Gasteiger partial charge is 0.477 e. The molecule has 0 spiro atoms. The summed E-state index contributed by atoms with van der Waals surface area (Å²) in [4.78, 5) is 25.4. The van der Waals surface area contributed by atoms with Gasteiger partial charge in [0.2, 0.25) is 5.43 Å². The summed E-state index contributed by atoms with van der Waals surface area (Å²) in [6.45, 7) is 3.20. The number of rotatable bonds is 5. The number of carbonyl (C=O) groups is 1. The van der Waals surface area contributed by atoms with Crippen LogP contribution < -0.4 is 21.8 Å². The molecule has 0 aliphatic carbocycles. The molecule has 1 aromatic carbocycles. The Bertz CT molecular complexity index is 1250. The number of pyridine rings is 1. The number of aliphatic hydroxyl groups is 1. The lowest BCUT2D eigenvalue weighted by atomic mass is 10.1. The number of carboxylic acids is 1. The summed E-state index contributed by atoms with van der Waals surface area (Å²) in [5.41, 5.74) is 7.89. The monoisotopic (exact) mass is 456 g/mol. The molecule has 0 radical (unpaired) electrons. The molecule has 0 bridgehead atoms. The lowest BCUT2D eigenvalue weighted by Gasteiger charge is -2.38. The number of anilines is 1. The molecule has 0 unspecified atom stereocenters. The maximum absolute atomic E-state index is 14.7. The van der Waals surface area contributed by atoms with Gasteiger partial charge in [0.1, 0.15) is 23.0 Å².